The number of hydrogen-bond donors (Lipinski definition) is 0. The van der Waals surface area contributed by atoms with Crippen LogP contribution in [0.4, 0.5) is 5.69 Å². The van der Waals surface area contributed by atoms with E-state index >= 15 is 0 Å². The fraction of sp³-hybridized carbons (Fsp3) is 0.455. The van der Waals surface area contributed by atoms with Gasteiger partial charge in [0.2, 0.25) is 0 Å². The Morgan fingerprint density at radius 1 is 1.53 bits per heavy atom. The third-order valence-electron chi connectivity index (χ3n) is 2.14. The molecule has 6 nitrogen and oxygen atoms in total. The molecule has 0 bridgehead atoms. The van der Waals surface area contributed by atoms with Crippen LogP contribution in [0.25, 0.3) is 0 Å². The summed E-state index contributed by atoms with van der Waals surface area (Å²) in [5, 5.41) is 10.4. The molecule has 0 radical (unpaired) electrons. The second-order valence-corrected chi connectivity index (χ2v) is 3.42. The molecule has 17 heavy (non-hydrogen) atoms. The summed E-state index contributed by atoms with van der Waals surface area (Å²) in [6.07, 6.45) is 2.80. The topological polar surface area (TPSA) is 82.3 Å². The van der Waals surface area contributed by atoms with E-state index in [0.717, 1.165) is 5.69 Å². The molecule has 0 N–H and O–H groups in total. The highest BCUT2D eigenvalue weighted by Gasteiger charge is 2.06. The summed E-state index contributed by atoms with van der Waals surface area (Å²) in [7, 11) is 0. The molecule has 0 aliphatic heterocycles. The molecular formula is C11H14N2O4. The van der Waals surface area contributed by atoms with Crippen molar-refractivity contribution in [3.8, 4) is 0 Å². The van der Waals surface area contributed by atoms with Gasteiger partial charge in [-0.25, -0.2) is 0 Å². The van der Waals surface area contributed by atoms with Crippen molar-refractivity contribution in [3.05, 3.63) is 34.1 Å². The van der Waals surface area contributed by atoms with Crippen molar-refractivity contribution in [3.63, 3.8) is 0 Å². The number of ether oxygens (including phenoxy) is 1. The lowest BCUT2D eigenvalue weighted by atomic mass is 10.2. The van der Waals surface area contributed by atoms with Crippen LogP contribution in [-0.4, -0.2) is 22.5 Å². The molecule has 6 heteroatoms. The van der Waals surface area contributed by atoms with Gasteiger partial charge >= 0.3 is 5.97 Å². The van der Waals surface area contributed by atoms with Gasteiger partial charge in [0.1, 0.15) is 6.20 Å². The Morgan fingerprint density at radius 3 is 2.82 bits per heavy atom. The Bertz CT molecular complexity index is 389. The monoisotopic (exact) mass is 238 g/mol. The zero-order valence-corrected chi connectivity index (χ0v) is 9.59. The summed E-state index contributed by atoms with van der Waals surface area (Å²) in [6, 6.07) is 3.01. The summed E-state index contributed by atoms with van der Waals surface area (Å²) in [5.74, 6) is -0.227. The lowest BCUT2D eigenvalue weighted by Crippen LogP contribution is -2.04. The number of aromatic nitrogens is 1. The van der Waals surface area contributed by atoms with Crippen molar-refractivity contribution in [2.45, 2.75) is 26.2 Å². The lowest BCUT2D eigenvalue weighted by Gasteiger charge is -2.01. The van der Waals surface area contributed by atoms with E-state index in [-0.39, 0.29) is 11.7 Å². The van der Waals surface area contributed by atoms with E-state index in [0.29, 0.717) is 25.9 Å². The van der Waals surface area contributed by atoms with Crippen molar-refractivity contribution in [2.75, 3.05) is 6.61 Å². The standard InChI is InChI=1S/C11H14N2O4/c1-2-17-11(14)5-3-4-9-6-7-10(8-12-9)13(15)16/h6-8H,2-5H2,1H3. The van der Waals surface area contributed by atoms with Crippen molar-refractivity contribution >= 4 is 11.7 Å². The number of pyridine rings is 1. The molecule has 0 fully saturated rings. The first-order valence-electron chi connectivity index (χ1n) is 5.38. The van der Waals surface area contributed by atoms with Crippen LogP contribution in [0.3, 0.4) is 0 Å². The van der Waals surface area contributed by atoms with Crippen molar-refractivity contribution in [1.29, 1.82) is 0 Å². The number of nitrogens with zero attached hydrogens (tertiary/aromatic N) is 2. The predicted octanol–water partition coefficient (Wildman–Crippen LogP) is 1.88. The van der Waals surface area contributed by atoms with Gasteiger partial charge in [-0.1, -0.05) is 0 Å². The number of hydrogen-bond acceptors (Lipinski definition) is 5. The lowest BCUT2D eigenvalue weighted by molar-refractivity contribution is -0.385. The maximum atomic E-state index is 11.0. The molecule has 92 valence electrons. The minimum Gasteiger partial charge on any atom is -0.466 e. The fourth-order valence-electron chi connectivity index (χ4n) is 1.32. The number of nitro groups is 1. The number of aryl methyl sites for hydroxylation is 1. The molecule has 0 aliphatic rings. The first-order valence-corrected chi connectivity index (χ1v) is 5.38. The van der Waals surface area contributed by atoms with Gasteiger partial charge in [0.05, 0.1) is 11.5 Å². The second-order valence-electron chi connectivity index (χ2n) is 3.42. The smallest absolute Gasteiger partial charge is 0.305 e. The average Bonchev–Trinajstić information content (AvgIpc) is 2.30. The number of carbonyl (C=O) groups excluding carboxylic acids is 1. The SMILES string of the molecule is CCOC(=O)CCCc1ccc([N+](=O)[O-])cn1. The second kappa shape index (κ2) is 6.57. The normalized spacial score (nSPS) is 9.94. The van der Waals surface area contributed by atoms with Crippen LogP contribution < -0.4 is 0 Å². The number of esters is 1. The molecule has 1 aromatic heterocycles. The summed E-state index contributed by atoms with van der Waals surface area (Å²) in [4.78, 5) is 24.9. The van der Waals surface area contributed by atoms with Gasteiger partial charge in [0, 0.05) is 18.2 Å². The zero-order chi connectivity index (χ0) is 12.7. The van der Waals surface area contributed by atoms with Crippen LogP contribution in [0.15, 0.2) is 18.3 Å². The van der Waals surface area contributed by atoms with Gasteiger partial charge in [0.25, 0.3) is 5.69 Å². The summed E-state index contributed by atoms with van der Waals surface area (Å²) in [6.45, 7) is 2.14. The highest BCUT2D eigenvalue weighted by Crippen LogP contribution is 2.10. The predicted molar refractivity (Wildman–Crippen MR) is 60.5 cm³/mol. The molecule has 0 aromatic carbocycles. The van der Waals surface area contributed by atoms with E-state index in [1.165, 1.54) is 12.3 Å². The molecule has 1 aromatic rings. The van der Waals surface area contributed by atoms with Crippen molar-refractivity contribution < 1.29 is 14.5 Å². The summed E-state index contributed by atoms with van der Waals surface area (Å²) in [5.41, 5.74) is 0.707. The molecule has 0 saturated heterocycles. The van der Waals surface area contributed by atoms with Crippen LogP contribution in [0, 0.1) is 10.1 Å². The Balaban J connectivity index is 2.37. The average molecular weight is 238 g/mol. The number of rotatable bonds is 6. The Morgan fingerprint density at radius 2 is 2.29 bits per heavy atom. The van der Waals surface area contributed by atoms with Crippen LogP contribution in [0.5, 0.6) is 0 Å². The molecule has 0 atom stereocenters. The highest BCUT2D eigenvalue weighted by atomic mass is 16.6. The van der Waals surface area contributed by atoms with E-state index in [1.807, 2.05) is 0 Å². The van der Waals surface area contributed by atoms with E-state index in [9.17, 15) is 14.9 Å². The minimum absolute atomic E-state index is 0.0286. The van der Waals surface area contributed by atoms with Crippen LogP contribution >= 0.6 is 0 Å². The Hall–Kier alpha value is -1.98. The van der Waals surface area contributed by atoms with Crippen LogP contribution in [-0.2, 0) is 16.0 Å². The zero-order valence-electron chi connectivity index (χ0n) is 9.59. The van der Waals surface area contributed by atoms with Gasteiger partial charge in [-0.3, -0.25) is 19.9 Å². The van der Waals surface area contributed by atoms with Gasteiger partial charge < -0.3 is 4.74 Å². The Kier molecular flexibility index (Phi) is 5.06. The van der Waals surface area contributed by atoms with Crippen LogP contribution in [0.2, 0.25) is 0 Å². The molecule has 0 saturated carbocycles. The van der Waals surface area contributed by atoms with Crippen LogP contribution in [0.1, 0.15) is 25.5 Å². The molecular weight excluding hydrogens is 224 g/mol. The molecule has 1 rings (SSSR count). The quantitative estimate of drug-likeness (QED) is 0.429. The largest absolute Gasteiger partial charge is 0.466 e. The van der Waals surface area contributed by atoms with Crippen molar-refractivity contribution in [1.82, 2.24) is 4.98 Å². The van der Waals surface area contributed by atoms with Gasteiger partial charge in [0.15, 0.2) is 0 Å². The maximum absolute atomic E-state index is 11.0. The third-order valence-corrected chi connectivity index (χ3v) is 2.14. The molecule has 0 amide bonds. The van der Waals surface area contributed by atoms with E-state index in [2.05, 4.69) is 4.98 Å². The maximum Gasteiger partial charge on any atom is 0.305 e. The van der Waals surface area contributed by atoms with Crippen molar-refractivity contribution in [2.24, 2.45) is 0 Å². The summed E-state index contributed by atoms with van der Waals surface area (Å²) >= 11 is 0. The first kappa shape index (κ1) is 13.1. The Labute approximate surface area is 98.8 Å². The van der Waals surface area contributed by atoms with Gasteiger partial charge in [-0.15, -0.1) is 0 Å². The molecule has 0 aliphatic carbocycles. The minimum atomic E-state index is -0.491. The fourth-order valence-corrected chi connectivity index (χ4v) is 1.32. The molecule has 1 heterocycles. The van der Waals surface area contributed by atoms with Gasteiger partial charge in [-0.2, -0.15) is 0 Å². The first-order chi connectivity index (χ1) is 8.13. The third kappa shape index (κ3) is 4.58. The van der Waals surface area contributed by atoms with Gasteiger partial charge in [-0.05, 0) is 25.8 Å². The number of carbonyl (C=O) groups is 1. The van der Waals surface area contributed by atoms with E-state index in [1.54, 1.807) is 13.0 Å². The molecule has 0 unspecified atom stereocenters. The molecule has 0 spiro atoms. The highest BCUT2D eigenvalue weighted by molar-refractivity contribution is 5.69. The van der Waals surface area contributed by atoms with E-state index in [4.69, 9.17) is 4.74 Å². The van der Waals surface area contributed by atoms with E-state index < -0.39 is 4.92 Å². The summed E-state index contributed by atoms with van der Waals surface area (Å²) < 4.78 is 4.78.